The predicted octanol–water partition coefficient (Wildman–Crippen LogP) is -0.415. The van der Waals surface area contributed by atoms with Gasteiger partial charge in [0, 0.05) is 38.1 Å². The molecular weight excluding hydrogens is 318 g/mol. The summed E-state index contributed by atoms with van der Waals surface area (Å²) in [5.74, 6) is -0.331. The Hall–Kier alpha value is -2.41. The molecule has 2 rings (SSSR count). The lowest BCUT2D eigenvalue weighted by Crippen LogP contribution is -2.46. The van der Waals surface area contributed by atoms with Crippen molar-refractivity contribution in [2.75, 3.05) is 31.5 Å². The summed E-state index contributed by atoms with van der Waals surface area (Å²) in [4.78, 5) is 13.8. The lowest BCUT2D eigenvalue weighted by atomic mass is 10.2. The molecule has 23 heavy (non-hydrogen) atoms. The topological polar surface area (TPSA) is 128 Å². The first kappa shape index (κ1) is 17.0. The van der Waals surface area contributed by atoms with Crippen LogP contribution in [0.1, 0.15) is 0 Å². The van der Waals surface area contributed by atoms with Crippen molar-refractivity contribution in [1.82, 2.24) is 10.2 Å². The van der Waals surface area contributed by atoms with E-state index in [2.05, 4.69) is 10.6 Å². The fraction of sp³-hybridized carbons (Fsp3) is 0.286. The zero-order valence-corrected chi connectivity index (χ0v) is 13.1. The van der Waals surface area contributed by atoms with Crippen LogP contribution in [0, 0.1) is 11.3 Å². The standard InChI is InChI=1S/C14H17N5O3S/c15-9-11(14(20)19-7-5-17-6-8-19)10-18-12-1-3-13(4-2-12)23(16,21)22/h1-4,10,17-18H,5-8H2,(H2,16,21,22)/b11-10-. The lowest BCUT2D eigenvalue weighted by molar-refractivity contribution is -0.127. The van der Waals surface area contributed by atoms with E-state index in [1.54, 1.807) is 4.90 Å². The van der Waals surface area contributed by atoms with Gasteiger partial charge in [-0.15, -0.1) is 0 Å². The summed E-state index contributed by atoms with van der Waals surface area (Å²) in [5, 5.41) is 20.1. The molecule has 0 radical (unpaired) electrons. The highest BCUT2D eigenvalue weighted by Crippen LogP contribution is 2.13. The molecule has 0 bridgehead atoms. The number of hydrogen-bond donors (Lipinski definition) is 3. The van der Waals surface area contributed by atoms with Crippen molar-refractivity contribution in [3.8, 4) is 6.07 Å². The van der Waals surface area contributed by atoms with Gasteiger partial charge in [0.1, 0.15) is 11.6 Å². The average Bonchev–Trinajstić information content (AvgIpc) is 2.55. The molecule has 0 unspecified atom stereocenters. The number of primary sulfonamides is 1. The third-order valence-corrected chi connectivity index (χ3v) is 4.25. The molecule has 1 aliphatic rings. The van der Waals surface area contributed by atoms with Crippen LogP contribution in [0.3, 0.4) is 0 Å². The molecule has 1 aromatic rings. The van der Waals surface area contributed by atoms with Crippen LogP contribution in [-0.4, -0.2) is 45.4 Å². The summed E-state index contributed by atoms with van der Waals surface area (Å²) >= 11 is 0. The highest BCUT2D eigenvalue weighted by atomic mass is 32.2. The zero-order chi connectivity index (χ0) is 16.9. The molecule has 8 nitrogen and oxygen atoms in total. The Morgan fingerprint density at radius 3 is 2.43 bits per heavy atom. The maximum Gasteiger partial charge on any atom is 0.266 e. The summed E-state index contributed by atoms with van der Waals surface area (Å²) in [6.07, 6.45) is 1.32. The average molecular weight is 335 g/mol. The van der Waals surface area contributed by atoms with Crippen molar-refractivity contribution in [3.05, 3.63) is 36.0 Å². The minimum atomic E-state index is -3.75. The van der Waals surface area contributed by atoms with Crippen LogP contribution in [-0.2, 0) is 14.8 Å². The van der Waals surface area contributed by atoms with Crippen LogP contribution in [0.2, 0.25) is 0 Å². The van der Waals surface area contributed by atoms with Gasteiger partial charge in [0.15, 0.2) is 0 Å². The van der Waals surface area contributed by atoms with Gasteiger partial charge in [0.05, 0.1) is 4.90 Å². The number of nitrogens with one attached hydrogen (secondary N) is 2. The Balaban J connectivity index is 2.07. The number of rotatable bonds is 4. The molecule has 0 aliphatic carbocycles. The van der Waals surface area contributed by atoms with Crippen LogP contribution in [0.4, 0.5) is 5.69 Å². The predicted molar refractivity (Wildman–Crippen MR) is 84.6 cm³/mol. The summed E-state index contributed by atoms with van der Waals surface area (Å²) < 4.78 is 22.3. The van der Waals surface area contributed by atoms with Crippen molar-refractivity contribution in [2.45, 2.75) is 4.90 Å². The molecule has 9 heteroatoms. The first-order valence-corrected chi connectivity index (χ1v) is 8.46. The highest BCUT2D eigenvalue weighted by Gasteiger charge is 2.19. The number of carbonyl (C=O) groups excluding carboxylic acids is 1. The van der Waals surface area contributed by atoms with Gasteiger partial charge in [-0.25, -0.2) is 13.6 Å². The Labute approximate surface area is 134 Å². The van der Waals surface area contributed by atoms with E-state index in [4.69, 9.17) is 10.4 Å². The molecule has 4 N–H and O–H groups in total. The quantitative estimate of drug-likeness (QED) is 0.507. The van der Waals surface area contributed by atoms with Crippen molar-refractivity contribution in [1.29, 1.82) is 5.26 Å². The number of benzene rings is 1. The van der Waals surface area contributed by atoms with E-state index in [1.807, 2.05) is 6.07 Å². The van der Waals surface area contributed by atoms with E-state index >= 15 is 0 Å². The summed E-state index contributed by atoms with van der Waals surface area (Å²) in [5.41, 5.74) is 0.528. The number of hydrogen-bond acceptors (Lipinski definition) is 6. The molecule has 0 spiro atoms. The molecule has 1 aliphatic heterocycles. The Morgan fingerprint density at radius 2 is 1.91 bits per heavy atom. The van der Waals surface area contributed by atoms with Crippen molar-refractivity contribution in [2.24, 2.45) is 5.14 Å². The molecule has 122 valence electrons. The minimum Gasteiger partial charge on any atom is -0.360 e. The number of piperazine rings is 1. The normalized spacial score (nSPS) is 15.8. The second kappa shape index (κ2) is 7.23. The minimum absolute atomic E-state index is 0.00979. The van der Waals surface area contributed by atoms with E-state index in [0.29, 0.717) is 31.9 Å². The molecule has 0 atom stereocenters. The van der Waals surface area contributed by atoms with Gasteiger partial charge in [0.2, 0.25) is 10.0 Å². The Kier molecular flexibility index (Phi) is 5.33. The van der Waals surface area contributed by atoms with Gasteiger partial charge in [-0.3, -0.25) is 4.79 Å². The van der Waals surface area contributed by atoms with E-state index in [-0.39, 0.29) is 16.4 Å². The van der Waals surface area contributed by atoms with Gasteiger partial charge in [-0.05, 0) is 24.3 Å². The summed E-state index contributed by atoms with van der Waals surface area (Å²) in [7, 11) is -3.75. The Bertz CT molecular complexity index is 744. The van der Waals surface area contributed by atoms with Crippen molar-refractivity contribution < 1.29 is 13.2 Å². The molecular formula is C14H17N5O3S. The second-order valence-electron chi connectivity index (χ2n) is 4.93. The smallest absolute Gasteiger partial charge is 0.266 e. The number of anilines is 1. The van der Waals surface area contributed by atoms with E-state index in [0.717, 1.165) is 0 Å². The number of carbonyl (C=O) groups is 1. The fourth-order valence-electron chi connectivity index (χ4n) is 2.08. The van der Waals surface area contributed by atoms with Crippen LogP contribution in [0.5, 0.6) is 0 Å². The third kappa shape index (κ3) is 4.53. The van der Waals surface area contributed by atoms with Gasteiger partial charge in [-0.2, -0.15) is 5.26 Å². The number of nitrogens with zero attached hydrogens (tertiary/aromatic N) is 2. The summed E-state index contributed by atoms with van der Waals surface area (Å²) in [6, 6.07) is 7.56. The van der Waals surface area contributed by atoms with Crippen molar-refractivity contribution >= 4 is 21.6 Å². The van der Waals surface area contributed by atoms with Gasteiger partial charge >= 0.3 is 0 Å². The monoisotopic (exact) mass is 335 g/mol. The molecule has 1 aromatic carbocycles. The van der Waals surface area contributed by atoms with E-state index < -0.39 is 10.0 Å². The van der Waals surface area contributed by atoms with Gasteiger partial charge in [-0.1, -0.05) is 0 Å². The maximum atomic E-state index is 12.2. The first-order chi connectivity index (χ1) is 10.9. The zero-order valence-electron chi connectivity index (χ0n) is 12.3. The Morgan fingerprint density at radius 1 is 1.30 bits per heavy atom. The number of amides is 1. The van der Waals surface area contributed by atoms with Crippen LogP contribution < -0.4 is 15.8 Å². The highest BCUT2D eigenvalue weighted by molar-refractivity contribution is 7.89. The number of nitrogens with two attached hydrogens (primary N) is 1. The van der Waals surface area contributed by atoms with E-state index in [1.165, 1.54) is 30.5 Å². The first-order valence-electron chi connectivity index (χ1n) is 6.91. The molecule has 0 aromatic heterocycles. The lowest BCUT2D eigenvalue weighted by Gasteiger charge is -2.27. The van der Waals surface area contributed by atoms with Gasteiger partial charge < -0.3 is 15.5 Å². The SMILES string of the molecule is N#C/C(=C/Nc1ccc(S(N)(=O)=O)cc1)C(=O)N1CCNCC1. The molecule has 1 saturated heterocycles. The number of nitriles is 1. The largest absolute Gasteiger partial charge is 0.360 e. The molecule has 1 fully saturated rings. The number of sulfonamides is 1. The summed E-state index contributed by atoms with van der Waals surface area (Å²) in [6.45, 7) is 2.52. The maximum absolute atomic E-state index is 12.2. The van der Waals surface area contributed by atoms with Crippen LogP contribution >= 0.6 is 0 Å². The molecule has 1 amide bonds. The van der Waals surface area contributed by atoms with Crippen molar-refractivity contribution in [3.63, 3.8) is 0 Å². The third-order valence-electron chi connectivity index (χ3n) is 3.32. The van der Waals surface area contributed by atoms with Crippen LogP contribution in [0.25, 0.3) is 0 Å². The second-order valence-corrected chi connectivity index (χ2v) is 6.49. The van der Waals surface area contributed by atoms with E-state index in [9.17, 15) is 13.2 Å². The van der Waals surface area contributed by atoms with Gasteiger partial charge in [0.25, 0.3) is 5.91 Å². The molecule has 1 heterocycles. The van der Waals surface area contributed by atoms with Crippen LogP contribution in [0.15, 0.2) is 40.9 Å². The molecule has 0 saturated carbocycles. The fourth-order valence-corrected chi connectivity index (χ4v) is 2.59.